The number of halogens is 2. The number of carbonyl (C=O) groups excluding carboxylic acids is 2. The molecule has 1 aliphatic rings. The first kappa shape index (κ1) is 19.1. The Bertz CT molecular complexity index is 878. The molecule has 0 fully saturated rings. The number of nitrogens with one attached hydrogen (secondary N) is 1. The van der Waals surface area contributed by atoms with Crippen molar-refractivity contribution in [1.29, 1.82) is 0 Å². The van der Waals surface area contributed by atoms with Gasteiger partial charge >= 0.3 is 5.97 Å². The molecule has 27 heavy (non-hydrogen) atoms. The van der Waals surface area contributed by atoms with Crippen molar-refractivity contribution in [1.82, 2.24) is 0 Å². The lowest BCUT2D eigenvalue weighted by Gasteiger charge is -2.14. The molecule has 0 spiro atoms. The van der Waals surface area contributed by atoms with Gasteiger partial charge < -0.3 is 24.3 Å². The molecule has 0 aliphatic carbocycles. The highest BCUT2D eigenvalue weighted by atomic mass is 35.5. The number of methoxy groups -OCH3 is 1. The number of anilines is 1. The maximum absolute atomic E-state index is 12.3. The molecular weight excluding hydrogens is 397 g/mol. The Kier molecular flexibility index (Phi) is 5.62. The molecule has 2 aromatic carbocycles. The van der Waals surface area contributed by atoms with Crippen LogP contribution < -0.4 is 19.5 Å². The summed E-state index contributed by atoms with van der Waals surface area (Å²) in [6, 6.07) is 7.67. The summed E-state index contributed by atoms with van der Waals surface area (Å²) in [6.45, 7) is 1.58. The van der Waals surface area contributed by atoms with Crippen LogP contribution >= 0.6 is 23.2 Å². The Morgan fingerprint density at radius 2 is 1.78 bits per heavy atom. The Balaban J connectivity index is 1.65. The van der Waals surface area contributed by atoms with E-state index in [4.69, 9.17) is 42.1 Å². The lowest BCUT2D eigenvalue weighted by atomic mass is 10.2. The fourth-order valence-electron chi connectivity index (χ4n) is 2.37. The van der Waals surface area contributed by atoms with Crippen molar-refractivity contribution in [3.8, 4) is 17.2 Å². The van der Waals surface area contributed by atoms with Crippen LogP contribution in [0.15, 0.2) is 30.3 Å². The zero-order valence-electron chi connectivity index (χ0n) is 14.4. The SMILES string of the molecule is COc1c(Cl)cc(C(=O)O[C@@H](C)C(=O)Nc2ccc3c(c2)OCO3)cc1Cl. The molecule has 0 saturated carbocycles. The first-order valence-corrected chi connectivity index (χ1v) is 8.59. The van der Waals surface area contributed by atoms with Crippen LogP contribution in [-0.2, 0) is 9.53 Å². The minimum atomic E-state index is -1.05. The van der Waals surface area contributed by atoms with Crippen LogP contribution in [0.2, 0.25) is 10.0 Å². The van der Waals surface area contributed by atoms with E-state index in [1.807, 2.05) is 0 Å². The van der Waals surface area contributed by atoms with Crippen LogP contribution in [-0.4, -0.2) is 31.9 Å². The molecule has 9 heteroatoms. The van der Waals surface area contributed by atoms with Crippen molar-refractivity contribution in [2.75, 3.05) is 19.2 Å². The van der Waals surface area contributed by atoms with Gasteiger partial charge in [0.15, 0.2) is 23.4 Å². The standard InChI is InChI=1S/C18H15Cl2NO6/c1-9(17(22)21-11-3-4-14-15(7-11)26-8-25-14)27-18(23)10-5-12(19)16(24-2)13(20)6-10/h3-7,9H,8H2,1-2H3,(H,21,22)/t9-/m0/s1. The Labute approximate surface area is 165 Å². The molecular formula is C18H15Cl2NO6. The smallest absolute Gasteiger partial charge is 0.339 e. The molecule has 0 unspecified atom stereocenters. The van der Waals surface area contributed by atoms with Crippen LogP contribution in [0.4, 0.5) is 5.69 Å². The van der Waals surface area contributed by atoms with Gasteiger partial charge in [-0.15, -0.1) is 0 Å². The average Bonchev–Trinajstić information content (AvgIpc) is 3.09. The van der Waals surface area contributed by atoms with E-state index in [-0.39, 0.29) is 28.2 Å². The second-order valence-electron chi connectivity index (χ2n) is 5.58. The summed E-state index contributed by atoms with van der Waals surface area (Å²) in [5.41, 5.74) is 0.594. The molecule has 142 valence electrons. The molecule has 7 nitrogen and oxygen atoms in total. The number of amides is 1. The van der Waals surface area contributed by atoms with Crippen molar-refractivity contribution >= 4 is 40.8 Å². The molecule has 1 aliphatic heterocycles. The summed E-state index contributed by atoms with van der Waals surface area (Å²) < 4.78 is 20.7. The Morgan fingerprint density at radius 3 is 2.44 bits per heavy atom. The molecule has 1 N–H and O–H groups in total. The van der Waals surface area contributed by atoms with Crippen LogP contribution in [0, 0.1) is 0 Å². The summed E-state index contributed by atoms with van der Waals surface area (Å²) in [4.78, 5) is 24.6. The van der Waals surface area contributed by atoms with E-state index >= 15 is 0 Å². The monoisotopic (exact) mass is 411 g/mol. The van der Waals surface area contributed by atoms with Gasteiger partial charge in [0.1, 0.15) is 0 Å². The molecule has 2 aromatic rings. The highest BCUT2D eigenvalue weighted by Crippen LogP contribution is 2.35. The zero-order chi connectivity index (χ0) is 19.6. The van der Waals surface area contributed by atoms with Gasteiger partial charge in [0.2, 0.25) is 6.79 Å². The van der Waals surface area contributed by atoms with Gasteiger partial charge in [-0.2, -0.15) is 0 Å². The van der Waals surface area contributed by atoms with E-state index in [1.165, 1.54) is 26.2 Å². The average molecular weight is 412 g/mol. The van der Waals surface area contributed by atoms with Crippen LogP contribution in [0.25, 0.3) is 0 Å². The fraction of sp³-hybridized carbons (Fsp3) is 0.222. The predicted octanol–water partition coefficient (Wildman–Crippen LogP) is 3.91. The lowest BCUT2D eigenvalue weighted by molar-refractivity contribution is -0.123. The van der Waals surface area contributed by atoms with Gasteiger partial charge in [-0.05, 0) is 31.2 Å². The largest absolute Gasteiger partial charge is 0.494 e. The molecule has 0 aromatic heterocycles. The van der Waals surface area contributed by atoms with Gasteiger partial charge in [-0.25, -0.2) is 4.79 Å². The van der Waals surface area contributed by atoms with Crippen molar-refractivity contribution < 1.29 is 28.5 Å². The molecule has 0 radical (unpaired) electrons. The van der Waals surface area contributed by atoms with Crippen LogP contribution in [0.3, 0.4) is 0 Å². The summed E-state index contributed by atoms with van der Waals surface area (Å²) in [5, 5.41) is 2.97. The molecule has 1 atom stereocenters. The number of fused-ring (bicyclic) bond motifs is 1. The first-order chi connectivity index (χ1) is 12.9. The van der Waals surface area contributed by atoms with E-state index in [0.29, 0.717) is 17.2 Å². The maximum atomic E-state index is 12.3. The number of ether oxygens (including phenoxy) is 4. The zero-order valence-corrected chi connectivity index (χ0v) is 15.9. The topological polar surface area (TPSA) is 83.1 Å². The van der Waals surface area contributed by atoms with Crippen molar-refractivity contribution in [2.45, 2.75) is 13.0 Å². The number of hydrogen-bond donors (Lipinski definition) is 1. The second-order valence-corrected chi connectivity index (χ2v) is 6.39. The number of rotatable bonds is 5. The van der Waals surface area contributed by atoms with E-state index < -0.39 is 18.0 Å². The third-order valence-corrected chi connectivity index (χ3v) is 4.29. The van der Waals surface area contributed by atoms with Crippen molar-refractivity contribution in [2.24, 2.45) is 0 Å². The van der Waals surface area contributed by atoms with E-state index in [9.17, 15) is 9.59 Å². The van der Waals surface area contributed by atoms with Crippen molar-refractivity contribution in [3.05, 3.63) is 45.9 Å². The van der Waals surface area contributed by atoms with E-state index in [0.717, 1.165) is 0 Å². The number of hydrogen-bond acceptors (Lipinski definition) is 6. The molecule has 0 saturated heterocycles. The maximum Gasteiger partial charge on any atom is 0.339 e. The Hall–Kier alpha value is -2.64. The third-order valence-electron chi connectivity index (χ3n) is 3.73. The Morgan fingerprint density at radius 1 is 1.11 bits per heavy atom. The molecule has 1 amide bonds. The number of carbonyl (C=O) groups is 2. The number of esters is 1. The quantitative estimate of drug-likeness (QED) is 0.750. The molecule has 0 bridgehead atoms. The molecule has 1 heterocycles. The highest BCUT2D eigenvalue weighted by molar-refractivity contribution is 6.37. The normalized spacial score (nSPS) is 13.0. The van der Waals surface area contributed by atoms with Gasteiger partial charge in [-0.1, -0.05) is 23.2 Å². The van der Waals surface area contributed by atoms with Crippen LogP contribution in [0.5, 0.6) is 17.2 Å². The van der Waals surface area contributed by atoms with Gasteiger partial charge in [-0.3, -0.25) is 4.79 Å². The fourth-order valence-corrected chi connectivity index (χ4v) is 3.01. The molecule has 3 rings (SSSR count). The highest BCUT2D eigenvalue weighted by Gasteiger charge is 2.22. The summed E-state index contributed by atoms with van der Waals surface area (Å²) >= 11 is 12.0. The predicted molar refractivity (Wildman–Crippen MR) is 99.1 cm³/mol. The van der Waals surface area contributed by atoms with E-state index in [2.05, 4.69) is 5.32 Å². The third kappa shape index (κ3) is 4.20. The summed E-state index contributed by atoms with van der Waals surface area (Å²) in [5.74, 6) is 0.131. The van der Waals surface area contributed by atoms with Crippen molar-refractivity contribution in [3.63, 3.8) is 0 Å². The summed E-state index contributed by atoms with van der Waals surface area (Å²) in [7, 11) is 1.41. The van der Waals surface area contributed by atoms with Gasteiger partial charge in [0.25, 0.3) is 5.91 Å². The number of benzene rings is 2. The minimum absolute atomic E-state index is 0.105. The van der Waals surface area contributed by atoms with Gasteiger partial charge in [0, 0.05) is 11.8 Å². The lowest BCUT2D eigenvalue weighted by Crippen LogP contribution is -2.30. The van der Waals surface area contributed by atoms with E-state index in [1.54, 1.807) is 18.2 Å². The summed E-state index contributed by atoms with van der Waals surface area (Å²) in [6.07, 6.45) is -1.05. The minimum Gasteiger partial charge on any atom is -0.494 e. The first-order valence-electron chi connectivity index (χ1n) is 7.83. The van der Waals surface area contributed by atoms with Crippen LogP contribution in [0.1, 0.15) is 17.3 Å². The van der Waals surface area contributed by atoms with Gasteiger partial charge in [0.05, 0.1) is 22.7 Å². The second kappa shape index (κ2) is 7.94.